The monoisotopic (exact) mass is 319 g/mol. The number of halogens is 3. The smallest absolute Gasteiger partial charge is 0.361 e. The van der Waals surface area contributed by atoms with E-state index in [-0.39, 0.29) is 0 Å². The van der Waals surface area contributed by atoms with E-state index >= 15 is 0 Å². The number of ether oxygens (including phenoxy) is 1. The molecule has 18 heavy (non-hydrogen) atoms. The SMILES string of the molecule is CC(=O)C(=NOCC(=O)OCC(Cl)(Cl)Cl)C(=O)O. The normalized spacial score (nSPS) is 11.9. The summed E-state index contributed by atoms with van der Waals surface area (Å²) in [5.74, 6) is -3.33. The average molecular weight is 321 g/mol. The molecule has 0 rings (SSSR count). The molecule has 7 nitrogen and oxygen atoms in total. The fourth-order valence-electron chi connectivity index (χ4n) is 0.607. The number of oxime groups is 1. The van der Waals surface area contributed by atoms with Crippen LogP contribution in [-0.2, 0) is 24.0 Å². The third kappa shape index (κ3) is 8.10. The van der Waals surface area contributed by atoms with Crippen LogP contribution in [0.3, 0.4) is 0 Å². The number of ketones is 1. The van der Waals surface area contributed by atoms with E-state index in [2.05, 4.69) is 14.7 Å². The van der Waals surface area contributed by atoms with Gasteiger partial charge in [-0.15, -0.1) is 0 Å². The van der Waals surface area contributed by atoms with Crippen LogP contribution in [0, 0.1) is 0 Å². The second-order valence-electron chi connectivity index (χ2n) is 2.85. The maximum absolute atomic E-state index is 11.0. The molecule has 0 atom stereocenters. The van der Waals surface area contributed by atoms with Gasteiger partial charge in [-0.3, -0.25) is 4.79 Å². The number of carbonyl (C=O) groups excluding carboxylic acids is 2. The molecule has 0 aromatic heterocycles. The van der Waals surface area contributed by atoms with Gasteiger partial charge in [0.25, 0.3) is 0 Å². The van der Waals surface area contributed by atoms with E-state index < -0.39 is 40.4 Å². The minimum atomic E-state index is -1.76. The number of hydrogen-bond acceptors (Lipinski definition) is 6. The van der Waals surface area contributed by atoms with E-state index in [1.165, 1.54) is 0 Å². The number of aliphatic carboxylic acids is 1. The molecule has 0 aliphatic carbocycles. The van der Waals surface area contributed by atoms with E-state index in [1.807, 2.05) is 0 Å². The predicted molar refractivity (Wildman–Crippen MR) is 63.0 cm³/mol. The van der Waals surface area contributed by atoms with Crippen molar-refractivity contribution in [3.63, 3.8) is 0 Å². The lowest BCUT2D eigenvalue weighted by Crippen LogP contribution is -2.23. The first-order chi connectivity index (χ1) is 8.13. The zero-order chi connectivity index (χ0) is 14.3. The number of nitrogens with zero attached hydrogens (tertiary/aromatic N) is 1. The molecule has 0 fully saturated rings. The number of carboxylic acids is 1. The fourth-order valence-corrected chi connectivity index (χ4v) is 0.771. The van der Waals surface area contributed by atoms with Crippen molar-refractivity contribution in [1.29, 1.82) is 0 Å². The lowest BCUT2D eigenvalue weighted by molar-refractivity contribution is -0.149. The molecule has 0 bridgehead atoms. The molecule has 0 aromatic carbocycles. The Labute approximate surface area is 117 Å². The zero-order valence-electron chi connectivity index (χ0n) is 8.98. The summed E-state index contributed by atoms with van der Waals surface area (Å²) >= 11 is 15.9. The highest BCUT2D eigenvalue weighted by molar-refractivity contribution is 6.67. The third-order valence-corrected chi connectivity index (χ3v) is 1.60. The highest BCUT2D eigenvalue weighted by Crippen LogP contribution is 2.25. The first kappa shape index (κ1) is 16.9. The Balaban J connectivity index is 4.18. The van der Waals surface area contributed by atoms with Crippen molar-refractivity contribution in [2.24, 2.45) is 5.16 Å². The minimum Gasteiger partial charge on any atom is -0.476 e. The number of Topliss-reactive ketones (excluding diaryl/α,β-unsaturated/α-hetero) is 1. The van der Waals surface area contributed by atoms with Gasteiger partial charge < -0.3 is 14.7 Å². The number of carboxylic acid groups (broad SMARTS) is 1. The van der Waals surface area contributed by atoms with Crippen molar-refractivity contribution in [2.45, 2.75) is 10.7 Å². The molecule has 0 aliphatic heterocycles. The summed E-state index contributed by atoms with van der Waals surface area (Å²) in [5.41, 5.74) is -0.843. The highest BCUT2D eigenvalue weighted by atomic mass is 35.6. The highest BCUT2D eigenvalue weighted by Gasteiger charge is 2.22. The summed E-state index contributed by atoms with van der Waals surface area (Å²) in [6.07, 6.45) is 0. The standard InChI is InChI=1S/C8H8Cl3NO6/c1-4(13)6(7(15)16)12-18-2-5(14)17-3-8(9,10)11/h2-3H2,1H3,(H,15,16). The lowest BCUT2D eigenvalue weighted by atomic mass is 10.3. The first-order valence-electron chi connectivity index (χ1n) is 4.30. The van der Waals surface area contributed by atoms with Crippen molar-refractivity contribution in [3.05, 3.63) is 0 Å². The molecule has 0 saturated carbocycles. The van der Waals surface area contributed by atoms with Crippen molar-refractivity contribution in [3.8, 4) is 0 Å². The molecule has 102 valence electrons. The molecule has 0 spiro atoms. The largest absolute Gasteiger partial charge is 0.476 e. The maximum atomic E-state index is 11.0. The van der Waals surface area contributed by atoms with Gasteiger partial charge in [-0.1, -0.05) is 40.0 Å². The van der Waals surface area contributed by atoms with E-state index in [0.29, 0.717) is 0 Å². The molecule has 0 amide bonds. The number of esters is 1. The Bertz CT molecular complexity index is 360. The summed E-state index contributed by atoms with van der Waals surface area (Å²) in [5, 5.41) is 11.5. The predicted octanol–water partition coefficient (Wildman–Crippen LogP) is 0.946. The molecule has 0 radical (unpaired) electrons. The van der Waals surface area contributed by atoms with Crippen LogP contribution in [0.4, 0.5) is 0 Å². The van der Waals surface area contributed by atoms with Gasteiger partial charge in [0.1, 0.15) is 6.61 Å². The summed E-state index contributed by atoms with van der Waals surface area (Å²) in [6, 6.07) is 0. The van der Waals surface area contributed by atoms with Crippen molar-refractivity contribution in [2.75, 3.05) is 13.2 Å². The Morgan fingerprint density at radius 3 is 2.22 bits per heavy atom. The second kappa shape index (κ2) is 7.40. The number of alkyl halides is 3. The van der Waals surface area contributed by atoms with Crippen LogP contribution in [0.1, 0.15) is 6.92 Å². The van der Waals surface area contributed by atoms with Crippen LogP contribution in [0.2, 0.25) is 0 Å². The maximum Gasteiger partial charge on any atom is 0.361 e. The molecule has 10 heteroatoms. The van der Waals surface area contributed by atoms with E-state index in [1.54, 1.807) is 0 Å². The topological polar surface area (TPSA) is 102 Å². The van der Waals surface area contributed by atoms with Gasteiger partial charge in [-0.2, -0.15) is 0 Å². The van der Waals surface area contributed by atoms with Crippen LogP contribution in [-0.4, -0.2) is 45.5 Å². The van der Waals surface area contributed by atoms with Gasteiger partial charge in [0.05, 0.1) is 0 Å². The Morgan fingerprint density at radius 2 is 1.83 bits per heavy atom. The first-order valence-corrected chi connectivity index (χ1v) is 5.43. The molecule has 0 saturated heterocycles. The van der Waals surface area contributed by atoms with E-state index in [4.69, 9.17) is 39.9 Å². The number of carbonyl (C=O) groups is 3. The minimum absolute atomic E-state index is 0.498. The average Bonchev–Trinajstić information content (AvgIpc) is 2.19. The van der Waals surface area contributed by atoms with Crippen molar-refractivity contribution >= 4 is 58.2 Å². The van der Waals surface area contributed by atoms with Gasteiger partial charge in [0.15, 0.2) is 5.78 Å². The van der Waals surface area contributed by atoms with Gasteiger partial charge in [0.2, 0.25) is 16.1 Å². The van der Waals surface area contributed by atoms with E-state index in [9.17, 15) is 14.4 Å². The van der Waals surface area contributed by atoms with Crippen LogP contribution in [0.15, 0.2) is 5.16 Å². The molecular weight excluding hydrogens is 312 g/mol. The summed E-state index contributed by atoms with van der Waals surface area (Å²) in [6.45, 7) is -0.232. The third-order valence-electron chi connectivity index (χ3n) is 1.27. The fraction of sp³-hybridized carbons (Fsp3) is 0.500. The quantitative estimate of drug-likeness (QED) is 0.257. The summed E-state index contributed by atoms with van der Waals surface area (Å²) in [4.78, 5) is 36.5. The zero-order valence-corrected chi connectivity index (χ0v) is 11.3. The summed E-state index contributed by atoms with van der Waals surface area (Å²) in [7, 11) is 0. The molecule has 0 aromatic rings. The van der Waals surface area contributed by atoms with Gasteiger partial charge >= 0.3 is 11.9 Å². The van der Waals surface area contributed by atoms with E-state index in [0.717, 1.165) is 6.92 Å². The number of hydrogen-bond donors (Lipinski definition) is 1. The molecule has 1 N–H and O–H groups in total. The van der Waals surface area contributed by atoms with Gasteiger partial charge in [-0.05, 0) is 0 Å². The summed E-state index contributed by atoms with van der Waals surface area (Å²) < 4.78 is 2.69. The van der Waals surface area contributed by atoms with Crippen molar-refractivity contribution < 1.29 is 29.1 Å². The Kier molecular flexibility index (Phi) is 6.97. The lowest BCUT2D eigenvalue weighted by Gasteiger charge is -2.10. The molecular formula is C8H8Cl3NO6. The van der Waals surface area contributed by atoms with Crippen LogP contribution >= 0.6 is 34.8 Å². The van der Waals surface area contributed by atoms with Crippen molar-refractivity contribution in [1.82, 2.24) is 0 Å². The Hall–Kier alpha value is -1.05. The number of rotatable bonds is 6. The molecule has 0 unspecified atom stereocenters. The molecule has 0 heterocycles. The van der Waals surface area contributed by atoms with Crippen LogP contribution in [0.25, 0.3) is 0 Å². The Morgan fingerprint density at radius 1 is 1.28 bits per heavy atom. The second-order valence-corrected chi connectivity index (χ2v) is 5.37. The van der Waals surface area contributed by atoms with Crippen LogP contribution < -0.4 is 0 Å². The van der Waals surface area contributed by atoms with Gasteiger partial charge in [-0.25, -0.2) is 9.59 Å². The van der Waals surface area contributed by atoms with Crippen LogP contribution in [0.5, 0.6) is 0 Å². The van der Waals surface area contributed by atoms with Gasteiger partial charge in [0, 0.05) is 6.92 Å². The molecule has 0 aliphatic rings.